The summed E-state index contributed by atoms with van der Waals surface area (Å²) in [6.07, 6.45) is 5.44. The molecule has 6 nitrogen and oxygen atoms in total. The second-order valence-electron chi connectivity index (χ2n) is 7.02. The molecular weight excluding hydrogens is 282 g/mol. The molecule has 3 rings (SSSR count). The van der Waals surface area contributed by atoms with Crippen molar-refractivity contribution in [1.29, 1.82) is 0 Å². The Morgan fingerprint density at radius 2 is 1.64 bits per heavy atom. The molecule has 6 heteroatoms. The summed E-state index contributed by atoms with van der Waals surface area (Å²) in [4.78, 5) is 29.9. The van der Waals surface area contributed by atoms with Gasteiger partial charge in [-0.2, -0.15) is 0 Å². The molecule has 3 fully saturated rings. The van der Waals surface area contributed by atoms with Crippen molar-refractivity contribution in [3.63, 3.8) is 0 Å². The van der Waals surface area contributed by atoms with Crippen molar-refractivity contribution >= 4 is 11.9 Å². The highest BCUT2D eigenvalue weighted by Gasteiger charge is 2.46. The van der Waals surface area contributed by atoms with E-state index in [9.17, 15) is 9.59 Å². The predicted molar refractivity (Wildman–Crippen MR) is 82.5 cm³/mol. The standard InChI is InChI=1S/C16H27N3O3/c1-17(2)15(21)19-11-7-16(8-12-19)6-5-13(22-16)14(20)18-9-3-4-10-18/h13H,3-12H2,1-2H3. The Morgan fingerprint density at radius 3 is 2.23 bits per heavy atom. The number of likely N-dealkylation sites (tertiary alicyclic amines) is 2. The van der Waals surface area contributed by atoms with E-state index in [1.807, 2.05) is 9.80 Å². The van der Waals surface area contributed by atoms with E-state index in [0.717, 1.165) is 64.7 Å². The van der Waals surface area contributed by atoms with E-state index < -0.39 is 0 Å². The van der Waals surface area contributed by atoms with Crippen LogP contribution in [0.2, 0.25) is 0 Å². The third kappa shape index (κ3) is 2.93. The fourth-order valence-corrected chi connectivity index (χ4v) is 3.89. The van der Waals surface area contributed by atoms with Gasteiger partial charge in [-0.1, -0.05) is 0 Å². The zero-order valence-corrected chi connectivity index (χ0v) is 13.7. The second-order valence-corrected chi connectivity index (χ2v) is 7.02. The highest BCUT2D eigenvalue weighted by molar-refractivity contribution is 5.81. The summed E-state index contributed by atoms with van der Waals surface area (Å²) in [6.45, 7) is 3.22. The molecule has 0 bridgehead atoms. The minimum Gasteiger partial charge on any atom is -0.362 e. The van der Waals surface area contributed by atoms with Gasteiger partial charge in [0.05, 0.1) is 5.60 Å². The molecule has 3 aliphatic heterocycles. The second kappa shape index (κ2) is 6.07. The van der Waals surface area contributed by atoms with Gasteiger partial charge >= 0.3 is 6.03 Å². The Labute approximate surface area is 132 Å². The highest BCUT2D eigenvalue weighted by Crippen LogP contribution is 2.39. The summed E-state index contributed by atoms with van der Waals surface area (Å²) >= 11 is 0. The van der Waals surface area contributed by atoms with Gasteiger partial charge in [0.2, 0.25) is 0 Å². The number of carbonyl (C=O) groups excluding carboxylic acids is 2. The lowest BCUT2D eigenvalue weighted by molar-refractivity contribution is -0.149. The summed E-state index contributed by atoms with van der Waals surface area (Å²) in [5.74, 6) is 0.182. The van der Waals surface area contributed by atoms with Crippen LogP contribution in [0.25, 0.3) is 0 Å². The lowest BCUT2D eigenvalue weighted by Gasteiger charge is -2.39. The first-order valence-electron chi connectivity index (χ1n) is 8.44. The van der Waals surface area contributed by atoms with E-state index in [-0.39, 0.29) is 23.6 Å². The van der Waals surface area contributed by atoms with Crippen molar-refractivity contribution in [2.24, 2.45) is 0 Å². The molecule has 0 saturated carbocycles. The number of rotatable bonds is 1. The van der Waals surface area contributed by atoms with Crippen molar-refractivity contribution in [2.45, 2.75) is 50.2 Å². The SMILES string of the molecule is CN(C)C(=O)N1CCC2(CCC(C(=O)N3CCCC3)O2)CC1. The maximum absolute atomic E-state index is 12.5. The molecule has 3 aliphatic rings. The van der Waals surface area contributed by atoms with E-state index in [0.29, 0.717) is 0 Å². The first-order valence-corrected chi connectivity index (χ1v) is 8.44. The van der Waals surface area contributed by atoms with Crippen LogP contribution < -0.4 is 0 Å². The van der Waals surface area contributed by atoms with Crippen LogP contribution in [-0.2, 0) is 9.53 Å². The number of carbonyl (C=O) groups is 2. The third-order valence-corrected chi connectivity index (χ3v) is 5.28. The van der Waals surface area contributed by atoms with Crippen LogP contribution in [0.5, 0.6) is 0 Å². The van der Waals surface area contributed by atoms with Crippen molar-refractivity contribution in [3.8, 4) is 0 Å². The molecule has 22 heavy (non-hydrogen) atoms. The Kier molecular flexibility index (Phi) is 4.30. The van der Waals surface area contributed by atoms with Crippen molar-refractivity contribution in [1.82, 2.24) is 14.7 Å². The third-order valence-electron chi connectivity index (χ3n) is 5.28. The topological polar surface area (TPSA) is 53.1 Å². The average molecular weight is 309 g/mol. The average Bonchev–Trinajstić information content (AvgIpc) is 3.17. The normalized spacial score (nSPS) is 27.5. The maximum Gasteiger partial charge on any atom is 0.319 e. The monoisotopic (exact) mass is 309 g/mol. The van der Waals surface area contributed by atoms with Crippen LogP contribution in [0.15, 0.2) is 0 Å². The maximum atomic E-state index is 12.5. The van der Waals surface area contributed by atoms with E-state index in [2.05, 4.69) is 0 Å². The Morgan fingerprint density at radius 1 is 1.00 bits per heavy atom. The van der Waals surface area contributed by atoms with Gasteiger partial charge in [-0.15, -0.1) is 0 Å². The molecule has 124 valence electrons. The fraction of sp³-hybridized carbons (Fsp3) is 0.875. The van der Waals surface area contributed by atoms with E-state index >= 15 is 0 Å². The molecule has 0 radical (unpaired) electrons. The van der Waals surface area contributed by atoms with Crippen molar-refractivity contribution < 1.29 is 14.3 Å². The van der Waals surface area contributed by atoms with E-state index in [1.165, 1.54) is 0 Å². The number of hydrogen-bond donors (Lipinski definition) is 0. The van der Waals surface area contributed by atoms with Crippen LogP contribution in [0.4, 0.5) is 4.79 Å². The van der Waals surface area contributed by atoms with Gasteiger partial charge in [0.1, 0.15) is 6.10 Å². The van der Waals surface area contributed by atoms with Crippen molar-refractivity contribution in [3.05, 3.63) is 0 Å². The van der Waals surface area contributed by atoms with Gasteiger partial charge in [-0.25, -0.2) is 4.79 Å². The number of amides is 3. The Hall–Kier alpha value is -1.30. The highest BCUT2D eigenvalue weighted by atomic mass is 16.5. The van der Waals surface area contributed by atoms with Gasteiger partial charge in [-0.3, -0.25) is 4.79 Å². The van der Waals surface area contributed by atoms with Gasteiger partial charge in [0.15, 0.2) is 0 Å². The first kappa shape index (κ1) is 15.6. The molecule has 3 heterocycles. The molecule has 0 aromatic rings. The van der Waals surface area contributed by atoms with Crippen LogP contribution in [0.3, 0.4) is 0 Å². The smallest absolute Gasteiger partial charge is 0.319 e. The van der Waals surface area contributed by atoms with Gasteiger partial charge < -0.3 is 19.4 Å². The lowest BCUT2D eigenvalue weighted by atomic mass is 9.88. The number of nitrogens with zero attached hydrogens (tertiary/aromatic N) is 3. The molecule has 1 spiro atoms. The summed E-state index contributed by atoms with van der Waals surface area (Å²) in [7, 11) is 3.56. The molecule has 0 aromatic carbocycles. The molecule has 3 amide bonds. The summed E-state index contributed by atoms with van der Waals surface area (Å²) in [5.41, 5.74) is -0.177. The number of ether oxygens (including phenoxy) is 1. The van der Waals surface area contributed by atoms with Crippen LogP contribution in [0, 0.1) is 0 Å². The van der Waals surface area contributed by atoms with E-state index in [4.69, 9.17) is 4.74 Å². The van der Waals surface area contributed by atoms with Gasteiger partial charge in [0.25, 0.3) is 5.91 Å². The number of piperidine rings is 1. The van der Waals surface area contributed by atoms with Gasteiger partial charge in [0, 0.05) is 40.3 Å². The molecular formula is C16H27N3O3. The number of hydrogen-bond acceptors (Lipinski definition) is 3. The largest absolute Gasteiger partial charge is 0.362 e. The minimum absolute atomic E-state index is 0.0672. The van der Waals surface area contributed by atoms with Crippen LogP contribution >= 0.6 is 0 Å². The van der Waals surface area contributed by atoms with Crippen LogP contribution in [-0.4, -0.2) is 78.6 Å². The molecule has 0 aliphatic carbocycles. The Balaban J connectivity index is 1.54. The summed E-state index contributed by atoms with van der Waals surface area (Å²) in [5, 5.41) is 0. The molecule has 3 saturated heterocycles. The fourth-order valence-electron chi connectivity index (χ4n) is 3.89. The Bertz CT molecular complexity index is 438. The molecule has 1 atom stereocenters. The summed E-state index contributed by atoms with van der Waals surface area (Å²) in [6, 6.07) is 0.0672. The first-order chi connectivity index (χ1) is 10.5. The molecule has 0 aromatic heterocycles. The van der Waals surface area contributed by atoms with Crippen molar-refractivity contribution in [2.75, 3.05) is 40.3 Å². The van der Waals surface area contributed by atoms with Gasteiger partial charge in [-0.05, 0) is 38.5 Å². The molecule has 1 unspecified atom stereocenters. The quantitative estimate of drug-likeness (QED) is 0.734. The van der Waals surface area contributed by atoms with E-state index in [1.54, 1.807) is 19.0 Å². The lowest BCUT2D eigenvalue weighted by Crippen LogP contribution is -2.50. The zero-order chi connectivity index (χ0) is 15.7. The molecule has 0 N–H and O–H groups in total. The minimum atomic E-state index is -0.255. The summed E-state index contributed by atoms with van der Waals surface area (Å²) < 4.78 is 6.21. The zero-order valence-electron chi connectivity index (χ0n) is 13.7. The van der Waals surface area contributed by atoms with Crippen LogP contribution in [0.1, 0.15) is 38.5 Å². The number of urea groups is 1. The predicted octanol–water partition coefficient (Wildman–Crippen LogP) is 1.30.